The van der Waals surface area contributed by atoms with Gasteiger partial charge in [0.25, 0.3) is 0 Å². The normalized spacial score (nSPS) is 10.7. The Morgan fingerprint density at radius 2 is 2.08 bits per heavy atom. The Kier molecular flexibility index (Phi) is 3.17. The number of rotatable bonds is 2. The number of halogens is 1. The van der Waals surface area contributed by atoms with E-state index in [1.54, 1.807) is 24.4 Å². The molecule has 3 heterocycles. The van der Waals surface area contributed by atoms with Crippen LogP contribution in [0, 0.1) is 17.1 Å². The average molecular weight is 317 g/mol. The van der Waals surface area contributed by atoms with Gasteiger partial charge in [-0.25, -0.2) is 19.3 Å². The summed E-state index contributed by atoms with van der Waals surface area (Å²) in [4.78, 5) is 12.2. The Labute approximate surface area is 134 Å². The van der Waals surface area contributed by atoms with Crippen LogP contribution in [0.25, 0.3) is 33.5 Å². The van der Waals surface area contributed by atoms with Gasteiger partial charge in [-0.2, -0.15) is 5.26 Å². The number of H-pyrrole nitrogens is 1. The minimum atomic E-state index is -0.628. The molecule has 3 aromatic heterocycles. The predicted molar refractivity (Wildman–Crippen MR) is 82.8 cm³/mol. The fraction of sp³-hybridized carbons (Fsp3) is 0. The lowest BCUT2D eigenvalue weighted by Gasteiger charge is -2.11. The molecule has 0 aliphatic carbocycles. The summed E-state index contributed by atoms with van der Waals surface area (Å²) in [6.45, 7) is 0. The smallest absolute Gasteiger partial charge is 0.201 e. The molecule has 4 rings (SSSR count). The van der Waals surface area contributed by atoms with Gasteiger partial charge in [0, 0.05) is 23.5 Å². The molecule has 7 nitrogen and oxygen atoms in total. The fourth-order valence-corrected chi connectivity index (χ4v) is 2.49. The highest BCUT2D eigenvalue weighted by molar-refractivity contribution is 5.86. The summed E-state index contributed by atoms with van der Waals surface area (Å²) in [5.74, 6) is -0.628. The Balaban J connectivity index is 2.01. The quantitative estimate of drug-likeness (QED) is 0.609. The first kappa shape index (κ1) is 13.9. The first-order chi connectivity index (χ1) is 11.8. The molecule has 0 spiro atoms. The molecule has 0 atom stereocenters. The number of nitrogens with zero attached hydrogens (tertiary/aromatic N) is 6. The fourth-order valence-electron chi connectivity index (χ4n) is 2.49. The Hall–Kier alpha value is -3.73. The van der Waals surface area contributed by atoms with Crippen molar-refractivity contribution >= 4 is 11.2 Å². The van der Waals surface area contributed by atoms with Crippen LogP contribution < -0.4 is 0 Å². The van der Waals surface area contributed by atoms with Gasteiger partial charge >= 0.3 is 0 Å². The molecular weight excluding hydrogens is 309 g/mol. The molecule has 4 aromatic rings. The van der Waals surface area contributed by atoms with E-state index in [9.17, 15) is 4.39 Å². The number of nitrogens with one attached hydrogen (secondary N) is 1. The molecular formula is C16H8FN7. The molecule has 0 amide bonds. The van der Waals surface area contributed by atoms with E-state index in [1.807, 2.05) is 6.07 Å². The third-order valence-corrected chi connectivity index (χ3v) is 3.59. The van der Waals surface area contributed by atoms with Gasteiger partial charge in [0.1, 0.15) is 17.9 Å². The number of hydrogen-bond donors (Lipinski definition) is 1. The first-order valence-corrected chi connectivity index (χ1v) is 6.94. The molecule has 0 radical (unpaired) electrons. The third kappa shape index (κ3) is 2.16. The highest BCUT2D eigenvalue weighted by atomic mass is 19.1. The maximum absolute atomic E-state index is 14.8. The van der Waals surface area contributed by atoms with Crippen LogP contribution in [0.1, 0.15) is 5.56 Å². The highest BCUT2D eigenvalue weighted by Crippen LogP contribution is 2.34. The van der Waals surface area contributed by atoms with Crippen molar-refractivity contribution in [1.82, 2.24) is 30.4 Å². The van der Waals surface area contributed by atoms with Crippen molar-refractivity contribution in [3.63, 3.8) is 0 Å². The van der Waals surface area contributed by atoms with Gasteiger partial charge in [-0.15, -0.1) is 5.10 Å². The number of hydrogen-bond acceptors (Lipinski definition) is 6. The van der Waals surface area contributed by atoms with Crippen LogP contribution in [0.4, 0.5) is 4.39 Å². The number of aromatic nitrogens is 6. The lowest BCUT2D eigenvalue weighted by molar-refractivity contribution is 0.627. The summed E-state index contributed by atoms with van der Waals surface area (Å²) < 4.78 is 14.8. The van der Waals surface area contributed by atoms with Crippen molar-refractivity contribution in [1.29, 1.82) is 5.26 Å². The van der Waals surface area contributed by atoms with Crippen molar-refractivity contribution in [2.75, 3.05) is 0 Å². The van der Waals surface area contributed by atoms with E-state index < -0.39 is 5.82 Å². The maximum Gasteiger partial charge on any atom is 0.201 e. The number of fused-ring (bicyclic) bond motifs is 1. The molecule has 0 aliphatic rings. The number of nitriles is 1. The molecule has 0 bridgehead atoms. The van der Waals surface area contributed by atoms with Crippen LogP contribution in [0.2, 0.25) is 0 Å². The second-order valence-electron chi connectivity index (χ2n) is 4.96. The molecule has 0 saturated heterocycles. The molecule has 0 fully saturated rings. The zero-order valence-electron chi connectivity index (χ0n) is 12.1. The van der Waals surface area contributed by atoms with E-state index in [1.165, 1.54) is 18.6 Å². The van der Waals surface area contributed by atoms with Crippen LogP contribution in [0.5, 0.6) is 0 Å². The zero-order valence-corrected chi connectivity index (χ0v) is 12.1. The maximum atomic E-state index is 14.8. The zero-order chi connectivity index (χ0) is 16.5. The van der Waals surface area contributed by atoms with Gasteiger partial charge < -0.3 is 0 Å². The average Bonchev–Trinajstić information content (AvgIpc) is 3.10. The van der Waals surface area contributed by atoms with Crippen molar-refractivity contribution in [2.24, 2.45) is 0 Å². The molecule has 24 heavy (non-hydrogen) atoms. The van der Waals surface area contributed by atoms with E-state index in [2.05, 4.69) is 30.4 Å². The molecule has 8 heteroatoms. The SMILES string of the molecule is N#Cc1ccc(-c2cnc3nn[nH]c3c2)c(-c2ccncn2)c1F. The second kappa shape index (κ2) is 5.48. The highest BCUT2D eigenvalue weighted by Gasteiger charge is 2.18. The second-order valence-corrected chi connectivity index (χ2v) is 4.96. The molecule has 1 N–H and O–H groups in total. The Morgan fingerprint density at radius 3 is 2.88 bits per heavy atom. The van der Waals surface area contributed by atoms with E-state index in [0.717, 1.165) is 0 Å². The summed E-state index contributed by atoms with van der Waals surface area (Å²) in [6.07, 6.45) is 4.43. The first-order valence-electron chi connectivity index (χ1n) is 6.94. The number of pyridine rings is 1. The van der Waals surface area contributed by atoms with Crippen molar-refractivity contribution in [3.05, 3.63) is 54.4 Å². The lowest BCUT2D eigenvalue weighted by atomic mass is 9.95. The summed E-state index contributed by atoms with van der Waals surface area (Å²) in [6, 6.07) is 8.32. The van der Waals surface area contributed by atoms with Crippen molar-refractivity contribution in [2.45, 2.75) is 0 Å². The van der Waals surface area contributed by atoms with Gasteiger partial charge in [-0.3, -0.25) is 5.10 Å². The topological polar surface area (TPSA) is 104 Å². The van der Waals surface area contributed by atoms with E-state index in [4.69, 9.17) is 5.26 Å². The monoisotopic (exact) mass is 317 g/mol. The summed E-state index contributed by atoms with van der Waals surface area (Å²) >= 11 is 0. The van der Waals surface area contributed by atoms with E-state index in [-0.39, 0.29) is 11.1 Å². The minimum absolute atomic E-state index is 0.0513. The van der Waals surface area contributed by atoms with Gasteiger partial charge in [0.2, 0.25) is 5.65 Å². The Morgan fingerprint density at radius 1 is 1.17 bits per heavy atom. The molecule has 0 saturated carbocycles. The van der Waals surface area contributed by atoms with Gasteiger partial charge in [-0.1, -0.05) is 11.3 Å². The molecule has 0 aliphatic heterocycles. The molecule has 0 unspecified atom stereocenters. The van der Waals surface area contributed by atoms with Crippen LogP contribution in [0.15, 0.2) is 43.0 Å². The lowest BCUT2D eigenvalue weighted by Crippen LogP contribution is -1.96. The minimum Gasteiger partial charge on any atom is -0.256 e. The van der Waals surface area contributed by atoms with Crippen molar-refractivity contribution < 1.29 is 4.39 Å². The molecule has 1 aromatic carbocycles. The van der Waals surface area contributed by atoms with Crippen LogP contribution >= 0.6 is 0 Å². The van der Waals surface area contributed by atoms with Crippen LogP contribution in [0.3, 0.4) is 0 Å². The van der Waals surface area contributed by atoms with E-state index >= 15 is 0 Å². The number of aromatic amines is 1. The van der Waals surface area contributed by atoms with E-state index in [0.29, 0.717) is 28.0 Å². The molecule has 114 valence electrons. The Bertz CT molecular complexity index is 1080. The third-order valence-electron chi connectivity index (χ3n) is 3.59. The van der Waals surface area contributed by atoms with Crippen LogP contribution in [-0.2, 0) is 0 Å². The number of benzene rings is 1. The largest absolute Gasteiger partial charge is 0.256 e. The van der Waals surface area contributed by atoms with Gasteiger partial charge in [0.05, 0.1) is 11.3 Å². The summed E-state index contributed by atoms with van der Waals surface area (Å²) in [5, 5.41) is 19.3. The van der Waals surface area contributed by atoms with Crippen LogP contribution in [-0.4, -0.2) is 30.4 Å². The summed E-state index contributed by atoms with van der Waals surface area (Å²) in [7, 11) is 0. The van der Waals surface area contributed by atoms with Gasteiger partial charge in [0.15, 0.2) is 5.82 Å². The predicted octanol–water partition coefficient (Wildman–Crippen LogP) is 2.49. The van der Waals surface area contributed by atoms with Crippen molar-refractivity contribution in [3.8, 4) is 28.5 Å². The standard InChI is InChI=1S/C16H8FN7/c17-15-9(6-18)1-2-11(14(15)12-3-4-19-8-21-12)10-5-13-16(20-7-10)23-24-22-13/h1-5,7-8H,(H,20,22,23,24). The summed E-state index contributed by atoms with van der Waals surface area (Å²) in [5.41, 5.74) is 2.88. The van der Waals surface area contributed by atoms with Gasteiger partial charge in [-0.05, 0) is 23.8 Å².